The number of rotatable bonds is 5. The van der Waals surface area contributed by atoms with Gasteiger partial charge >= 0.3 is 0 Å². The van der Waals surface area contributed by atoms with Gasteiger partial charge < -0.3 is 15.6 Å². The van der Waals surface area contributed by atoms with Crippen molar-refractivity contribution in [2.24, 2.45) is 11.7 Å². The van der Waals surface area contributed by atoms with E-state index in [0.29, 0.717) is 0 Å². The quantitative estimate of drug-likeness (QED) is 0.790. The van der Waals surface area contributed by atoms with Crippen LogP contribution in [0.3, 0.4) is 0 Å². The molecule has 3 N–H and O–H groups in total. The van der Waals surface area contributed by atoms with Crippen molar-refractivity contribution >= 4 is 17.5 Å². The Hall–Kier alpha value is -1.26. The molecule has 1 amide bonds. The Morgan fingerprint density at radius 3 is 2.53 bits per heavy atom. The standard InChI is InChI=1S/C12H16ClNO3/c1-7(2)10(15)11(13)17-9-6-4-3-5-8(9)12(14)16/h3-7,10-11,15H,1-2H3,(H2,14,16). The van der Waals surface area contributed by atoms with Crippen molar-refractivity contribution in [2.75, 3.05) is 0 Å². The van der Waals surface area contributed by atoms with Crippen molar-refractivity contribution in [2.45, 2.75) is 25.5 Å². The number of aliphatic hydroxyl groups excluding tert-OH is 1. The van der Waals surface area contributed by atoms with E-state index in [4.69, 9.17) is 22.1 Å². The summed E-state index contributed by atoms with van der Waals surface area (Å²) in [5.41, 5.74) is 4.53. The van der Waals surface area contributed by atoms with Gasteiger partial charge in [0.15, 0.2) is 5.56 Å². The van der Waals surface area contributed by atoms with Crippen molar-refractivity contribution in [3.8, 4) is 5.75 Å². The Bertz CT molecular complexity index is 395. The van der Waals surface area contributed by atoms with Crippen molar-refractivity contribution in [3.05, 3.63) is 29.8 Å². The van der Waals surface area contributed by atoms with Crippen LogP contribution >= 0.6 is 11.6 Å². The molecule has 5 heteroatoms. The molecule has 94 valence electrons. The van der Waals surface area contributed by atoms with E-state index < -0.39 is 17.6 Å². The van der Waals surface area contributed by atoms with Gasteiger partial charge in [-0.2, -0.15) is 0 Å². The summed E-state index contributed by atoms with van der Waals surface area (Å²) < 4.78 is 5.34. The molecule has 4 nitrogen and oxygen atoms in total. The third-order valence-electron chi connectivity index (χ3n) is 2.34. The van der Waals surface area contributed by atoms with Crippen molar-refractivity contribution < 1.29 is 14.6 Å². The van der Waals surface area contributed by atoms with Crippen molar-refractivity contribution in [3.63, 3.8) is 0 Å². The number of benzene rings is 1. The number of alkyl halides is 1. The van der Waals surface area contributed by atoms with Crippen LogP contribution in [0.1, 0.15) is 24.2 Å². The molecule has 0 saturated carbocycles. The first-order valence-corrected chi connectivity index (χ1v) is 5.74. The van der Waals surface area contributed by atoms with Gasteiger partial charge in [0.1, 0.15) is 11.9 Å². The number of aliphatic hydroxyl groups is 1. The molecule has 0 saturated heterocycles. The van der Waals surface area contributed by atoms with Crippen molar-refractivity contribution in [1.29, 1.82) is 0 Å². The van der Waals surface area contributed by atoms with Crippen LogP contribution in [-0.2, 0) is 0 Å². The molecule has 0 aliphatic rings. The first-order chi connectivity index (χ1) is 7.93. The minimum atomic E-state index is -0.921. The zero-order chi connectivity index (χ0) is 13.0. The van der Waals surface area contributed by atoms with E-state index in [-0.39, 0.29) is 17.2 Å². The Morgan fingerprint density at radius 2 is 2.00 bits per heavy atom. The topological polar surface area (TPSA) is 72.6 Å². The lowest BCUT2D eigenvalue weighted by molar-refractivity contribution is 0.0476. The fourth-order valence-electron chi connectivity index (χ4n) is 1.27. The van der Waals surface area contributed by atoms with Crippen LogP contribution in [0.5, 0.6) is 5.75 Å². The average Bonchev–Trinajstić information content (AvgIpc) is 2.28. The Morgan fingerprint density at radius 1 is 1.41 bits per heavy atom. The largest absolute Gasteiger partial charge is 0.471 e. The molecule has 0 aliphatic heterocycles. The van der Waals surface area contributed by atoms with Crippen LogP contribution in [0.2, 0.25) is 0 Å². The van der Waals surface area contributed by atoms with E-state index in [1.807, 2.05) is 13.8 Å². The number of ether oxygens (including phenoxy) is 1. The second-order valence-electron chi connectivity index (χ2n) is 4.06. The summed E-state index contributed by atoms with van der Waals surface area (Å²) in [7, 11) is 0. The van der Waals surface area contributed by atoms with Gasteiger partial charge in [-0.25, -0.2) is 0 Å². The number of carbonyl (C=O) groups excluding carboxylic acids is 1. The molecule has 2 atom stereocenters. The van der Waals surface area contributed by atoms with Crippen LogP contribution in [0.25, 0.3) is 0 Å². The highest BCUT2D eigenvalue weighted by Crippen LogP contribution is 2.22. The van der Waals surface area contributed by atoms with Gasteiger partial charge in [0.25, 0.3) is 5.91 Å². The van der Waals surface area contributed by atoms with Gasteiger partial charge in [-0.1, -0.05) is 37.6 Å². The highest BCUT2D eigenvalue weighted by Gasteiger charge is 2.23. The zero-order valence-electron chi connectivity index (χ0n) is 9.76. The Balaban J connectivity index is 2.84. The van der Waals surface area contributed by atoms with E-state index in [2.05, 4.69) is 0 Å². The third kappa shape index (κ3) is 3.61. The molecule has 0 radical (unpaired) electrons. The van der Waals surface area contributed by atoms with Gasteiger partial charge in [-0.05, 0) is 18.1 Å². The number of halogens is 1. The Labute approximate surface area is 105 Å². The fourth-order valence-corrected chi connectivity index (χ4v) is 1.65. The molecule has 2 unspecified atom stereocenters. The molecule has 1 aromatic carbocycles. The van der Waals surface area contributed by atoms with E-state index in [0.717, 1.165) is 0 Å². The van der Waals surface area contributed by atoms with Crippen LogP contribution in [0.4, 0.5) is 0 Å². The predicted octanol–water partition coefficient (Wildman–Crippen LogP) is 1.75. The Kier molecular flexibility index (Phi) is 4.78. The molecule has 1 aromatic rings. The predicted molar refractivity (Wildman–Crippen MR) is 66.1 cm³/mol. The maximum atomic E-state index is 11.1. The molecule has 0 fully saturated rings. The van der Waals surface area contributed by atoms with Gasteiger partial charge in [0.05, 0.1) is 5.56 Å². The summed E-state index contributed by atoms with van der Waals surface area (Å²) in [4.78, 5) is 11.1. The van der Waals surface area contributed by atoms with Crippen LogP contribution < -0.4 is 10.5 Å². The van der Waals surface area contributed by atoms with E-state index in [1.54, 1.807) is 24.3 Å². The molecule has 0 bridgehead atoms. The lowest BCUT2D eigenvalue weighted by Crippen LogP contribution is -2.31. The minimum Gasteiger partial charge on any atom is -0.471 e. The van der Waals surface area contributed by atoms with Gasteiger partial charge in [0, 0.05) is 0 Å². The van der Waals surface area contributed by atoms with Gasteiger partial charge in [-0.15, -0.1) is 0 Å². The van der Waals surface area contributed by atoms with Gasteiger partial charge in [-0.3, -0.25) is 4.79 Å². The maximum absolute atomic E-state index is 11.1. The molecular formula is C12H16ClNO3. The second kappa shape index (κ2) is 5.89. The number of hydrogen-bond donors (Lipinski definition) is 2. The minimum absolute atomic E-state index is 0.0433. The zero-order valence-corrected chi connectivity index (χ0v) is 10.5. The molecule has 17 heavy (non-hydrogen) atoms. The maximum Gasteiger partial charge on any atom is 0.252 e. The molecule has 0 spiro atoms. The number of hydrogen-bond acceptors (Lipinski definition) is 3. The highest BCUT2D eigenvalue weighted by atomic mass is 35.5. The average molecular weight is 258 g/mol. The number of carbonyl (C=O) groups is 1. The van der Waals surface area contributed by atoms with Gasteiger partial charge in [0.2, 0.25) is 0 Å². The number of primary amides is 1. The summed E-state index contributed by atoms with van der Waals surface area (Å²) in [5.74, 6) is -0.360. The molecule has 0 aliphatic carbocycles. The molecular weight excluding hydrogens is 242 g/mol. The fraction of sp³-hybridized carbons (Fsp3) is 0.417. The van der Waals surface area contributed by atoms with E-state index in [1.165, 1.54) is 0 Å². The first-order valence-electron chi connectivity index (χ1n) is 5.31. The smallest absolute Gasteiger partial charge is 0.252 e. The van der Waals surface area contributed by atoms with Crippen molar-refractivity contribution in [1.82, 2.24) is 0 Å². The second-order valence-corrected chi connectivity index (χ2v) is 4.49. The lowest BCUT2D eigenvalue weighted by Gasteiger charge is -2.22. The monoisotopic (exact) mass is 257 g/mol. The number of para-hydroxylation sites is 1. The normalized spacial score (nSPS) is 14.4. The van der Waals surface area contributed by atoms with E-state index >= 15 is 0 Å². The lowest BCUT2D eigenvalue weighted by atomic mass is 10.1. The van der Waals surface area contributed by atoms with E-state index in [9.17, 15) is 9.90 Å². The molecule has 1 rings (SSSR count). The summed E-state index contributed by atoms with van der Waals surface area (Å²) in [6.07, 6.45) is -0.822. The molecule has 0 heterocycles. The summed E-state index contributed by atoms with van der Waals surface area (Å²) >= 11 is 5.91. The third-order valence-corrected chi connectivity index (χ3v) is 2.69. The summed E-state index contributed by atoms with van der Waals surface area (Å²) in [6.45, 7) is 3.65. The summed E-state index contributed by atoms with van der Waals surface area (Å²) in [6, 6.07) is 6.51. The first kappa shape index (κ1) is 13.8. The van der Waals surface area contributed by atoms with Crippen LogP contribution in [0.15, 0.2) is 24.3 Å². The SMILES string of the molecule is CC(C)C(O)C(Cl)Oc1ccccc1C(N)=O. The summed E-state index contributed by atoms with van der Waals surface area (Å²) in [5, 5.41) is 9.71. The molecule has 0 aromatic heterocycles. The van der Waals surface area contributed by atoms with Crippen LogP contribution in [0, 0.1) is 5.92 Å². The number of amides is 1. The highest BCUT2D eigenvalue weighted by molar-refractivity contribution is 6.20. The van der Waals surface area contributed by atoms with Crippen LogP contribution in [-0.4, -0.2) is 22.7 Å². The number of nitrogens with two attached hydrogens (primary N) is 1.